The molecule has 0 radical (unpaired) electrons. The Morgan fingerprint density at radius 2 is 2.05 bits per heavy atom. The van der Waals surface area contributed by atoms with Crippen LogP contribution >= 0.6 is 22.9 Å². The second-order valence-corrected chi connectivity index (χ2v) is 5.33. The van der Waals surface area contributed by atoms with E-state index in [-0.39, 0.29) is 15.5 Å². The Balaban J connectivity index is 2.42. The Labute approximate surface area is 120 Å². The molecule has 0 fully saturated rings. The lowest BCUT2D eigenvalue weighted by Gasteiger charge is -2.15. The van der Waals surface area contributed by atoms with Crippen molar-refractivity contribution in [2.24, 2.45) is 5.84 Å². The van der Waals surface area contributed by atoms with Crippen molar-refractivity contribution in [2.45, 2.75) is 12.2 Å². The van der Waals surface area contributed by atoms with Crippen molar-refractivity contribution in [1.82, 2.24) is 10.4 Å². The average molecular weight is 326 g/mol. The highest BCUT2D eigenvalue weighted by atomic mass is 35.5. The van der Waals surface area contributed by atoms with Crippen LogP contribution in [-0.2, 0) is 6.18 Å². The lowest BCUT2D eigenvalue weighted by molar-refractivity contribution is -0.137. The second kappa shape index (κ2) is 5.65. The summed E-state index contributed by atoms with van der Waals surface area (Å²) < 4.78 is 51.3. The number of hydrogen-bond acceptors (Lipinski definition) is 4. The normalized spacial score (nSPS) is 13.5. The summed E-state index contributed by atoms with van der Waals surface area (Å²) in [7, 11) is 0. The van der Waals surface area contributed by atoms with Gasteiger partial charge in [0.05, 0.1) is 6.04 Å². The molecule has 0 saturated carbocycles. The van der Waals surface area contributed by atoms with Crippen molar-refractivity contribution in [3.05, 3.63) is 50.7 Å². The molecule has 1 atom stereocenters. The molecule has 0 aliphatic carbocycles. The van der Waals surface area contributed by atoms with Crippen LogP contribution in [0.15, 0.2) is 24.4 Å². The number of thiazole rings is 1. The highest BCUT2D eigenvalue weighted by molar-refractivity contribution is 7.11. The van der Waals surface area contributed by atoms with E-state index in [1.165, 1.54) is 12.1 Å². The smallest absolute Gasteiger partial charge is 0.271 e. The molecule has 3 N–H and O–H groups in total. The zero-order chi connectivity index (χ0) is 14.9. The summed E-state index contributed by atoms with van der Waals surface area (Å²) in [4.78, 5) is 3.42. The minimum absolute atomic E-state index is 0.0531. The number of nitrogens with one attached hydrogen (secondary N) is 1. The van der Waals surface area contributed by atoms with Gasteiger partial charge in [-0.1, -0.05) is 11.6 Å². The predicted molar refractivity (Wildman–Crippen MR) is 67.7 cm³/mol. The van der Waals surface area contributed by atoms with Crippen molar-refractivity contribution in [2.75, 3.05) is 0 Å². The van der Waals surface area contributed by atoms with Gasteiger partial charge in [0, 0.05) is 21.7 Å². The fourth-order valence-corrected chi connectivity index (χ4v) is 2.66. The average Bonchev–Trinajstić information content (AvgIpc) is 2.84. The third-order valence-corrected chi connectivity index (χ3v) is 3.83. The number of benzene rings is 1. The number of rotatable bonds is 3. The standard InChI is InChI=1S/C11H8ClF4N3S/c12-5-1-2-7(13)6(3-5)9(19-17)8-4-18-10(20-8)11(14,15)16/h1-4,9,19H,17H2. The van der Waals surface area contributed by atoms with E-state index in [0.29, 0.717) is 11.3 Å². The Bertz CT molecular complexity index is 614. The maximum Gasteiger partial charge on any atom is 0.443 e. The molecule has 0 amide bonds. The molecule has 0 aliphatic heterocycles. The predicted octanol–water partition coefficient (Wildman–Crippen LogP) is 3.51. The van der Waals surface area contributed by atoms with Crippen molar-refractivity contribution < 1.29 is 17.6 Å². The van der Waals surface area contributed by atoms with Gasteiger partial charge in [-0.25, -0.2) is 14.8 Å². The third-order valence-electron chi connectivity index (χ3n) is 2.49. The summed E-state index contributed by atoms with van der Waals surface area (Å²) in [5.74, 6) is 4.69. The second-order valence-electron chi connectivity index (χ2n) is 3.83. The number of nitrogens with two attached hydrogens (primary N) is 1. The summed E-state index contributed by atoms with van der Waals surface area (Å²) in [5.41, 5.74) is 2.33. The van der Waals surface area contributed by atoms with Crippen molar-refractivity contribution in [3.8, 4) is 0 Å². The van der Waals surface area contributed by atoms with Gasteiger partial charge in [0.15, 0.2) is 5.01 Å². The molecule has 1 heterocycles. The van der Waals surface area contributed by atoms with E-state index < -0.39 is 23.0 Å². The van der Waals surface area contributed by atoms with Crippen LogP contribution in [0.1, 0.15) is 21.5 Å². The zero-order valence-corrected chi connectivity index (χ0v) is 11.3. The summed E-state index contributed by atoms with van der Waals surface area (Å²) in [5, 5.41) is -0.766. The molecule has 0 spiro atoms. The SMILES string of the molecule is NNC(c1cnc(C(F)(F)F)s1)c1cc(Cl)ccc1F. The van der Waals surface area contributed by atoms with E-state index in [1.54, 1.807) is 0 Å². The molecule has 108 valence electrons. The van der Waals surface area contributed by atoms with E-state index in [0.717, 1.165) is 12.3 Å². The number of aromatic nitrogens is 1. The van der Waals surface area contributed by atoms with Gasteiger partial charge >= 0.3 is 6.18 Å². The van der Waals surface area contributed by atoms with Gasteiger partial charge in [0.2, 0.25) is 0 Å². The van der Waals surface area contributed by atoms with Gasteiger partial charge < -0.3 is 0 Å². The third kappa shape index (κ3) is 3.09. The van der Waals surface area contributed by atoms with E-state index >= 15 is 0 Å². The van der Waals surface area contributed by atoms with E-state index in [9.17, 15) is 17.6 Å². The van der Waals surface area contributed by atoms with E-state index in [2.05, 4.69) is 10.4 Å². The van der Waals surface area contributed by atoms with Crippen molar-refractivity contribution in [3.63, 3.8) is 0 Å². The summed E-state index contributed by atoms with van der Waals surface area (Å²) in [6.45, 7) is 0. The minimum Gasteiger partial charge on any atom is -0.271 e. The molecule has 3 nitrogen and oxygen atoms in total. The number of nitrogens with zero attached hydrogens (tertiary/aromatic N) is 1. The number of hydrazine groups is 1. The van der Waals surface area contributed by atoms with Crippen LogP contribution in [0.3, 0.4) is 0 Å². The topological polar surface area (TPSA) is 50.9 Å². The maximum absolute atomic E-state index is 13.7. The molecule has 20 heavy (non-hydrogen) atoms. The van der Waals surface area contributed by atoms with Crippen LogP contribution in [-0.4, -0.2) is 4.98 Å². The molecule has 2 aromatic rings. The van der Waals surface area contributed by atoms with Crippen LogP contribution in [0.2, 0.25) is 5.02 Å². The van der Waals surface area contributed by atoms with E-state index in [1.807, 2.05) is 0 Å². The van der Waals surface area contributed by atoms with Crippen molar-refractivity contribution in [1.29, 1.82) is 0 Å². The lowest BCUT2D eigenvalue weighted by atomic mass is 10.1. The fraction of sp³-hybridized carbons (Fsp3) is 0.182. The first kappa shape index (κ1) is 15.2. The summed E-state index contributed by atoms with van der Waals surface area (Å²) in [6, 6.07) is 2.80. The van der Waals surface area contributed by atoms with Gasteiger partial charge in [0.25, 0.3) is 0 Å². The largest absolute Gasteiger partial charge is 0.443 e. The Morgan fingerprint density at radius 3 is 2.60 bits per heavy atom. The zero-order valence-electron chi connectivity index (χ0n) is 9.71. The summed E-state index contributed by atoms with van der Waals surface area (Å²) in [6.07, 6.45) is -3.53. The molecular formula is C11H8ClF4N3S. The van der Waals surface area contributed by atoms with Gasteiger partial charge in [-0.2, -0.15) is 13.2 Å². The van der Waals surface area contributed by atoms with Gasteiger partial charge in [0.1, 0.15) is 5.82 Å². The Hall–Kier alpha value is -1.22. The molecule has 1 aromatic carbocycles. The maximum atomic E-state index is 13.7. The molecule has 1 aromatic heterocycles. The van der Waals surface area contributed by atoms with Crippen molar-refractivity contribution >= 4 is 22.9 Å². The first-order valence-corrected chi connectivity index (χ1v) is 6.46. The number of alkyl halides is 3. The van der Waals surface area contributed by atoms with Crippen LogP contribution < -0.4 is 11.3 Å². The monoisotopic (exact) mass is 325 g/mol. The van der Waals surface area contributed by atoms with Gasteiger partial charge in [-0.05, 0) is 18.2 Å². The summed E-state index contributed by atoms with van der Waals surface area (Å²) >= 11 is 6.15. The molecule has 9 heteroatoms. The van der Waals surface area contributed by atoms with E-state index in [4.69, 9.17) is 17.4 Å². The van der Waals surface area contributed by atoms with Gasteiger partial charge in [-0.15, -0.1) is 11.3 Å². The first-order valence-electron chi connectivity index (χ1n) is 5.27. The lowest BCUT2D eigenvalue weighted by Crippen LogP contribution is -2.29. The highest BCUT2D eigenvalue weighted by Crippen LogP contribution is 2.36. The Morgan fingerprint density at radius 1 is 1.35 bits per heavy atom. The van der Waals surface area contributed by atoms with Crippen LogP contribution in [0.5, 0.6) is 0 Å². The van der Waals surface area contributed by atoms with Crippen LogP contribution in [0.25, 0.3) is 0 Å². The minimum atomic E-state index is -4.55. The Kier molecular flexibility index (Phi) is 4.28. The molecule has 2 rings (SSSR count). The first-order chi connectivity index (χ1) is 9.32. The van der Waals surface area contributed by atoms with Gasteiger partial charge in [-0.3, -0.25) is 5.84 Å². The molecule has 0 aliphatic rings. The molecular weight excluding hydrogens is 318 g/mol. The van der Waals surface area contributed by atoms with Crippen LogP contribution in [0, 0.1) is 5.82 Å². The molecule has 0 saturated heterocycles. The number of halogens is 5. The molecule has 0 bridgehead atoms. The highest BCUT2D eigenvalue weighted by Gasteiger charge is 2.35. The number of hydrogen-bond donors (Lipinski definition) is 2. The fourth-order valence-electron chi connectivity index (χ4n) is 1.61. The van der Waals surface area contributed by atoms with Crippen LogP contribution in [0.4, 0.5) is 17.6 Å². The quantitative estimate of drug-likeness (QED) is 0.516. The molecule has 1 unspecified atom stereocenters.